The van der Waals surface area contributed by atoms with Crippen molar-refractivity contribution in [2.24, 2.45) is 5.92 Å². The average molecular weight is 306 g/mol. The molecule has 1 aromatic carbocycles. The Bertz CT molecular complexity index is 478. The van der Waals surface area contributed by atoms with Gasteiger partial charge in [-0.25, -0.2) is 4.79 Å². The van der Waals surface area contributed by atoms with E-state index >= 15 is 0 Å². The number of nitrogens with one attached hydrogen (secondary N) is 1. The Kier molecular flexibility index (Phi) is 6.72. The molecule has 0 aliphatic rings. The fourth-order valence-corrected chi connectivity index (χ4v) is 1.96. The summed E-state index contributed by atoms with van der Waals surface area (Å²) in [6.07, 6.45) is 0.841. The number of benzene rings is 1. The van der Waals surface area contributed by atoms with Crippen molar-refractivity contribution in [2.75, 3.05) is 18.9 Å². The van der Waals surface area contributed by atoms with E-state index in [0.29, 0.717) is 12.5 Å². The number of nitrogens with zero attached hydrogens (tertiary/aromatic N) is 1. The molecule has 0 aliphatic carbocycles. The number of amides is 1. The van der Waals surface area contributed by atoms with E-state index in [4.69, 9.17) is 4.74 Å². The fourth-order valence-electron chi connectivity index (χ4n) is 1.96. The highest BCUT2D eigenvalue weighted by Gasteiger charge is 2.19. The monoisotopic (exact) mass is 306 g/mol. The number of hydrogen-bond donors (Lipinski definition) is 1. The minimum absolute atomic E-state index is 0.300. The van der Waals surface area contributed by atoms with Crippen molar-refractivity contribution in [1.29, 1.82) is 0 Å². The number of ether oxygens (including phenoxy) is 1. The van der Waals surface area contributed by atoms with Crippen LogP contribution in [0.3, 0.4) is 0 Å². The van der Waals surface area contributed by atoms with Gasteiger partial charge in [-0.2, -0.15) is 0 Å². The molecule has 0 fully saturated rings. The van der Waals surface area contributed by atoms with Gasteiger partial charge in [0.05, 0.1) is 0 Å². The minimum atomic E-state index is -0.467. The summed E-state index contributed by atoms with van der Waals surface area (Å²) in [7, 11) is 1.76. The molecule has 0 spiro atoms. The largest absolute Gasteiger partial charge is 0.444 e. The molecule has 22 heavy (non-hydrogen) atoms. The first kappa shape index (κ1) is 18.3. The van der Waals surface area contributed by atoms with Gasteiger partial charge in [0.2, 0.25) is 0 Å². The highest BCUT2D eigenvalue weighted by atomic mass is 16.6. The summed E-state index contributed by atoms with van der Waals surface area (Å²) in [4.78, 5) is 13.6. The summed E-state index contributed by atoms with van der Waals surface area (Å²) in [5, 5.41) is 3.42. The maximum absolute atomic E-state index is 12.0. The third kappa shape index (κ3) is 7.34. The van der Waals surface area contributed by atoms with Crippen molar-refractivity contribution < 1.29 is 9.53 Å². The Labute approximate surface area is 134 Å². The first-order chi connectivity index (χ1) is 10.2. The van der Waals surface area contributed by atoms with Gasteiger partial charge in [0.15, 0.2) is 0 Å². The van der Waals surface area contributed by atoms with Gasteiger partial charge in [0.1, 0.15) is 5.60 Å². The Hall–Kier alpha value is -1.71. The molecule has 1 rings (SSSR count). The summed E-state index contributed by atoms with van der Waals surface area (Å²) in [5.74, 6) is 0.689. The van der Waals surface area contributed by atoms with Crippen LogP contribution in [0.4, 0.5) is 10.5 Å². The molecule has 1 amide bonds. The Morgan fingerprint density at radius 1 is 1.32 bits per heavy atom. The number of anilines is 1. The predicted molar refractivity (Wildman–Crippen MR) is 92.1 cm³/mol. The van der Waals surface area contributed by atoms with Gasteiger partial charge in [-0.05, 0) is 50.8 Å². The van der Waals surface area contributed by atoms with Gasteiger partial charge in [-0.15, -0.1) is 0 Å². The smallest absolute Gasteiger partial charge is 0.410 e. The van der Waals surface area contributed by atoms with Crippen molar-refractivity contribution in [2.45, 2.75) is 53.2 Å². The van der Waals surface area contributed by atoms with E-state index in [9.17, 15) is 4.79 Å². The number of carbonyl (C=O) groups is 1. The van der Waals surface area contributed by atoms with Crippen LogP contribution in [0.1, 0.15) is 46.6 Å². The van der Waals surface area contributed by atoms with E-state index in [1.54, 1.807) is 11.9 Å². The van der Waals surface area contributed by atoms with Crippen LogP contribution in [0.15, 0.2) is 24.3 Å². The van der Waals surface area contributed by atoms with Gasteiger partial charge in [0, 0.05) is 25.8 Å². The predicted octanol–water partition coefficient (Wildman–Crippen LogP) is 4.51. The maximum Gasteiger partial charge on any atom is 0.410 e. The van der Waals surface area contributed by atoms with Gasteiger partial charge in [0.25, 0.3) is 0 Å². The third-order valence-corrected chi connectivity index (χ3v) is 3.10. The number of hydrogen-bond acceptors (Lipinski definition) is 3. The molecule has 0 heterocycles. The molecular formula is C18H30N2O2. The summed E-state index contributed by atoms with van der Waals surface area (Å²) in [5.41, 5.74) is 1.71. The molecule has 4 nitrogen and oxygen atoms in total. The lowest BCUT2D eigenvalue weighted by Crippen LogP contribution is -2.33. The molecular weight excluding hydrogens is 276 g/mol. The normalized spacial score (nSPS) is 11.4. The lowest BCUT2D eigenvalue weighted by molar-refractivity contribution is 0.0285. The van der Waals surface area contributed by atoms with Crippen molar-refractivity contribution in [1.82, 2.24) is 4.90 Å². The molecule has 124 valence electrons. The second-order valence-corrected chi connectivity index (χ2v) is 7.15. The zero-order chi connectivity index (χ0) is 16.8. The molecule has 0 radical (unpaired) electrons. The molecule has 0 saturated heterocycles. The Morgan fingerprint density at radius 2 is 2.00 bits per heavy atom. The zero-order valence-electron chi connectivity index (χ0n) is 14.8. The molecule has 1 aromatic rings. The van der Waals surface area contributed by atoms with Crippen LogP contribution in [-0.4, -0.2) is 30.2 Å². The summed E-state index contributed by atoms with van der Waals surface area (Å²) >= 11 is 0. The van der Waals surface area contributed by atoms with Crippen molar-refractivity contribution >= 4 is 11.8 Å². The van der Waals surface area contributed by atoms with Crippen LogP contribution in [0.25, 0.3) is 0 Å². The van der Waals surface area contributed by atoms with Crippen LogP contribution in [0, 0.1) is 5.92 Å². The summed E-state index contributed by atoms with van der Waals surface area (Å²) < 4.78 is 5.36. The van der Waals surface area contributed by atoms with Crippen LogP contribution in [0.2, 0.25) is 0 Å². The number of rotatable bonds is 6. The molecule has 0 unspecified atom stereocenters. The molecule has 0 bridgehead atoms. The summed E-state index contributed by atoms with van der Waals surface area (Å²) in [6, 6.07) is 8.17. The molecule has 0 saturated carbocycles. The van der Waals surface area contributed by atoms with Gasteiger partial charge < -0.3 is 15.0 Å². The standard InChI is InChI=1S/C18H30N2O2/c1-14(2)10-11-19-16-9-7-8-15(12-16)13-20(6)17(21)22-18(3,4)5/h7-9,12,14,19H,10-11,13H2,1-6H3. The third-order valence-electron chi connectivity index (χ3n) is 3.10. The van der Waals surface area contributed by atoms with Gasteiger partial charge in [-0.3, -0.25) is 0 Å². The highest BCUT2D eigenvalue weighted by Crippen LogP contribution is 2.15. The minimum Gasteiger partial charge on any atom is -0.444 e. The van der Waals surface area contributed by atoms with Crippen LogP contribution >= 0.6 is 0 Å². The van der Waals surface area contributed by atoms with Crippen LogP contribution < -0.4 is 5.32 Å². The zero-order valence-corrected chi connectivity index (χ0v) is 14.8. The van der Waals surface area contributed by atoms with E-state index in [0.717, 1.165) is 24.2 Å². The molecule has 0 atom stereocenters. The average Bonchev–Trinajstić information content (AvgIpc) is 2.36. The van der Waals surface area contributed by atoms with E-state index < -0.39 is 5.60 Å². The lowest BCUT2D eigenvalue weighted by Gasteiger charge is -2.24. The quantitative estimate of drug-likeness (QED) is 0.840. The first-order valence-corrected chi connectivity index (χ1v) is 7.94. The number of carbonyl (C=O) groups excluding carboxylic acids is 1. The first-order valence-electron chi connectivity index (χ1n) is 7.94. The van der Waals surface area contributed by atoms with Crippen molar-refractivity contribution in [3.05, 3.63) is 29.8 Å². The summed E-state index contributed by atoms with van der Waals surface area (Å²) in [6.45, 7) is 11.5. The highest BCUT2D eigenvalue weighted by molar-refractivity contribution is 5.67. The lowest BCUT2D eigenvalue weighted by atomic mass is 10.1. The topological polar surface area (TPSA) is 41.6 Å². The molecule has 1 N–H and O–H groups in total. The molecule has 4 heteroatoms. The SMILES string of the molecule is CC(C)CCNc1cccc(CN(C)C(=O)OC(C)(C)C)c1. The molecule has 0 aromatic heterocycles. The second-order valence-electron chi connectivity index (χ2n) is 7.15. The molecule has 0 aliphatic heterocycles. The van der Waals surface area contributed by atoms with Crippen LogP contribution in [0.5, 0.6) is 0 Å². The van der Waals surface area contributed by atoms with Crippen molar-refractivity contribution in [3.63, 3.8) is 0 Å². The maximum atomic E-state index is 12.0. The fraction of sp³-hybridized carbons (Fsp3) is 0.611. The van der Waals surface area contributed by atoms with Gasteiger partial charge >= 0.3 is 6.09 Å². The second kappa shape index (κ2) is 8.06. The van der Waals surface area contributed by atoms with Crippen molar-refractivity contribution in [3.8, 4) is 0 Å². The van der Waals surface area contributed by atoms with Gasteiger partial charge in [-0.1, -0.05) is 26.0 Å². The van der Waals surface area contributed by atoms with E-state index in [1.165, 1.54) is 0 Å². The van der Waals surface area contributed by atoms with E-state index in [1.807, 2.05) is 32.9 Å². The Morgan fingerprint density at radius 3 is 2.59 bits per heavy atom. The Balaban J connectivity index is 2.56. The van der Waals surface area contributed by atoms with Crippen LogP contribution in [-0.2, 0) is 11.3 Å². The van der Waals surface area contributed by atoms with E-state index in [-0.39, 0.29) is 6.09 Å². The van der Waals surface area contributed by atoms with E-state index in [2.05, 4.69) is 31.3 Å².